The van der Waals surface area contributed by atoms with Gasteiger partial charge in [0, 0.05) is 22.1 Å². The van der Waals surface area contributed by atoms with Crippen LogP contribution in [0.25, 0.3) is 4.96 Å². The third-order valence-electron chi connectivity index (χ3n) is 3.18. The number of halogens is 1. The lowest BCUT2D eigenvalue weighted by Gasteiger charge is -2.07. The summed E-state index contributed by atoms with van der Waals surface area (Å²) in [4.78, 5) is 28.5. The van der Waals surface area contributed by atoms with Crippen molar-refractivity contribution in [2.75, 3.05) is 0 Å². The zero-order valence-corrected chi connectivity index (χ0v) is 15.6. The summed E-state index contributed by atoms with van der Waals surface area (Å²) < 4.78 is 29.7. The molecular weight excluding hydrogens is 434 g/mol. The molecule has 0 atom stereocenters. The average molecular weight is 444 g/mol. The molecule has 3 aromatic rings. The van der Waals surface area contributed by atoms with Crippen molar-refractivity contribution in [3.63, 3.8) is 0 Å². The highest BCUT2D eigenvalue weighted by Crippen LogP contribution is 2.22. The molecule has 0 saturated carbocycles. The lowest BCUT2D eigenvalue weighted by Crippen LogP contribution is -2.16. The Morgan fingerprint density at radius 3 is 2.84 bits per heavy atom. The first-order valence-electron chi connectivity index (χ1n) is 6.71. The number of thiazole rings is 1. The van der Waals surface area contributed by atoms with E-state index >= 15 is 0 Å². The minimum absolute atomic E-state index is 0.0150. The fourth-order valence-corrected chi connectivity index (χ4v) is 4.33. The number of primary sulfonamides is 1. The molecule has 0 fully saturated rings. The summed E-state index contributed by atoms with van der Waals surface area (Å²) in [5, 5.41) is 6.81. The topological polar surface area (TPSA) is 121 Å². The van der Waals surface area contributed by atoms with Gasteiger partial charge in [-0.05, 0) is 34.1 Å². The summed E-state index contributed by atoms with van der Waals surface area (Å²) in [7, 11) is -3.99. The summed E-state index contributed by atoms with van der Waals surface area (Å²) in [5.41, 5.74) is 0.0307. The Hall–Kier alpha value is -2.08. The van der Waals surface area contributed by atoms with E-state index in [0.717, 1.165) is 6.07 Å². The number of benzene rings is 1. The quantitative estimate of drug-likeness (QED) is 0.610. The number of ether oxygens (including phenoxy) is 1. The summed E-state index contributed by atoms with van der Waals surface area (Å²) in [5.74, 6) is -0.759. The van der Waals surface area contributed by atoms with Gasteiger partial charge in [0.1, 0.15) is 6.61 Å². The molecule has 2 N–H and O–H groups in total. The average Bonchev–Trinajstić information content (AvgIpc) is 3.01. The zero-order chi connectivity index (χ0) is 18.2. The molecule has 0 bridgehead atoms. The normalized spacial score (nSPS) is 11.6. The number of aromatic nitrogens is 2. The van der Waals surface area contributed by atoms with E-state index in [-0.39, 0.29) is 27.1 Å². The van der Waals surface area contributed by atoms with Crippen LogP contribution < -0.4 is 10.7 Å². The maximum absolute atomic E-state index is 12.1. The predicted molar refractivity (Wildman–Crippen MR) is 94.0 cm³/mol. The molecule has 0 spiro atoms. The molecule has 25 heavy (non-hydrogen) atoms. The van der Waals surface area contributed by atoms with E-state index in [9.17, 15) is 18.0 Å². The molecule has 0 radical (unpaired) electrons. The number of rotatable bonds is 4. The fraction of sp³-hybridized carbons (Fsp3) is 0.0714. The van der Waals surface area contributed by atoms with E-state index in [4.69, 9.17) is 9.88 Å². The molecule has 0 aliphatic heterocycles. The van der Waals surface area contributed by atoms with Crippen LogP contribution in [-0.4, -0.2) is 23.8 Å². The Kier molecular flexibility index (Phi) is 4.73. The van der Waals surface area contributed by atoms with Crippen LogP contribution >= 0.6 is 27.3 Å². The lowest BCUT2D eigenvalue weighted by atomic mass is 10.2. The molecule has 130 valence electrons. The van der Waals surface area contributed by atoms with Crippen molar-refractivity contribution in [1.82, 2.24) is 9.38 Å². The van der Waals surface area contributed by atoms with Gasteiger partial charge in [0.2, 0.25) is 10.0 Å². The molecule has 0 saturated heterocycles. The fourth-order valence-electron chi connectivity index (χ4n) is 2.03. The van der Waals surface area contributed by atoms with E-state index in [1.807, 2.05) is 0 Å². The van der Waals surface area contributed by atoms with E-state index in [0.29, 0.717) is 10.7 Å². The van der Waals surface area contributed by atoms with Gasteiger partial charge in [-0.25, -0.2) is 23.3 Å². The first-order valence-corrected chi connectivity index (χ1v) is 9.93. The molecule has 0 aliphatic carbocycles. The number of fused-ring (bicyclic) bond motifs is 1. The highest BCUT2D eigenvalue weighted by Gasteiger charge is 2.17. The zero-order valence-electron chi connectivity index (χ0n) is 12.4. The van der Waals surface area contributed by atoms with Crippen LogP contribution in [0.2, 0.25) is 0 Å². The second kappa shape index (κ2) is 6.67. The third-order valence-corrected chi connectivity index (χ3v) is 5.84. The number of nitrogens with zero attached hydrogens (tertiary/aromatic N) is 2. The van der Waals surface area contributed by atoms with Crippen LogP contribution in [0.3, 0.4) is 0 Å². The maximum Gasteiger partial charge on any atom is 0.338 e. The highest BCUT2D eigenvalue weighted by atomic mass is 79.9. The van der Waals surface area contributed by atoms with E-state index in [1.54, 1.807) is 11.6 Å². The van der Waals surface area contributed by atoms with Gasteiger partial charge in [0.25, 0.3) is 5.56 Å². The molecule has 11 heteroatoms. The second-order valence-electron chi connectivity index (χ2n) is 4.91. The standard InChI is InChI=1S/C14H10BrN3O5S2/c15-10-2-1-8(5-11(10)25(16,21)22)13(20)23-7-9-6-12(19)18-3-4-24-14(18)17-9/h1-6H,7H2,(H2,16,21,22). The summed E-state index contributed by atoms with van der Waals surface area (Å²) >= 11 is 4.34. The van der Waals surface area contributed by atoms with Crippen molar-refractivity contribution in [3.8, 4) is 0 Å². The van der Waals surface area contributed by atoms with Crippen LogP contribution in [0, 0.1) is 0 Å². The van der Waals surface area contributed by atoms with Crippen molar-refractivity contribution >= 4 is 48.2 Å². The van der Waals surface area contributed by atoms with Crippen molar-refractivity contribution in [3.05, 3.63) is 61.9 Å². The Balaban J connectivity index is 1.81. The van der Waals surface area contributed by atoms with Crippen molar-refractivity contribution < 1.29 is 17.9 Å². The summed E-state index contributed by atoms with van der Waals surface area (Å²) in [6.45, 7) is -0.219. The maximum atomic E-state index is 12.1. The second-order valence-corrected chi connectivity index (χ2v) is 8.16. The SMILES string of the molecule is NS(=O)(=O)c1cc(C(=O)OCc2cc(=O)n3ccsc3n2)ccc1Br. The van der Waals surface area contributed by atoms with E-state index in [1.165, 1.54) is 33.9 Å². The van der Waals surface area contributed by atoms with Gasteiger partial charge in [0.05, 0.1) is 16.2 Å². The first kappa shape index (κ1) is 17.7. The highest BCUT2D eigenvalue weighted by molar-refractivity contribution is 9.10. The smallest absolute Gasteiger partial charge is 0.338 e. The number of carbonyl (C=O) groups excluding carboxylic acids is 1. The van der Waals surface area contributed by atoms with Crippen LogP contribution in [-0.2, 0) is 21.4 Å². The molecular formula is C14H10BrN3O5S2. The summed E-state index contributed by atoms with van der Waals surface area (Å²) in [6.07, 6.45) is 1.60. The van der Waals surface area contributed by atoms with Gasteiger partial charge in [-0.1, -0.05) is 0 Å². The molecule has 3 rings (SSSR count). The van der Waals surface area contributed by atoms with Crippen molar-refractivity contribution in [2.45, 2.75) is 11.5 Å². The predicted octanol–water partition coefficient (Wildman–Crippen LogP) is 1.52. The van der Waals surface area contributed by atoms with Crippen LogP contribution in [0.4, 0.5) is 0 Å². The molecule has 0 amide bonds. The van der Waals surface area contributed by atoms with Gasteiger partial charge in [-0.15, -0.1) is 11.3 Å². The number of carbonyl (C=O) groups is 1. The molecule has 0 aliphatic rings. The van der Waals surface area contributed by atoms with Gasteiger partial charge in [-0.2, -0.15) is 0 Å². The number of hydrogen-bond donors (Lipinski definition) is 1. The summed E-state index contributed by atoms with van der Waals surface area (Å²) in [6, 6.07) is 5.17. The largest absolute Gasteiger partial charge is 0.456 e. The Bertz CT molecular complexity index is 1140. The van der Waals surface area contributed by atoms with E-state index < -0.39 is 16.0 Å². The van der Waals surface area contributed by atoms with Crippen molar-refractivity contribution in [2.24, 2.45) is 5.14 Å². The van der Waals surface area contributed by atoms with Gasteiger partial charge in [-0.3, -0.25) is 9.20 Å². The van der Waals surface area contributed by atoms with Crippen molar-refractivity contribution in [1.29, 1.82) is 0 Å². The number of nitrogens with two attached hydrogens (primary N) is 1. The minimum atomic E-state index is -3.99. The number of hydrogen-bond acceptors (Lipinski definition) is 7. The molecule has 2 heterocycles. The number of sulfonamides is 1. The van der Waals surface area contributed by atoms with Crippen LogP contribution in [0.15, 0.2) is 50.0 Å². The monoisotopic (exact) mass is 443 g/mol. The van der Waals surface area contributed by atoms with E-state index in [2.05, 4.69) is 20.9 Å². The Labute approximate surface area is 154 Å². The molecule has 0 unspecified atom stereocenters. The minimum Gasteiger partial charge on any atom is -0.456 e. The van der Waals surface area contributed by atoms with Crippen LogP contribution in [0.1, 0.15) is 16.1 Å². The third kappa shape index (κ3) is 3.79. The van der Waals surface area contributed by atoms with Gasteiger partial charge in [0.15, 0.2) is 4.96 Å². The number of esters is 1. The lowest BCUT2D eigenvalue weighted by molar-refractivity contribution is 0.0467. The van der Waals surface area contributed by atoms with Crippen LogP contribution in [0.5, 0.6) is 0 Å². The first-order chi connectivity index (χ1) is 11.8. The van der Waals surface area contributed by atoms with Gasteiger partial charge < -0.3 is 4.74 Å². The van der Waals surface area contributed by atoms with Gasteiger partial charge >= 0.3 is 5.97 Å². The Morgan fingerprint density at radius 2 is 2.12 bits per heavy atom. The molecule has 8 nitrogen and oxygen atoms in total. The molecule has 2 aromatic heterocycles. The Morgan fingerprint density at radius 1 is 1.36 bits per heavy atom. The molecule has 1 aromatic carbocycles.